The Morgan fingerprint density at radius 3 is 2.64 bits per heavy atom. The molecule has 6 heteroatoms. The molecule has 5 nitrogen and oxygen atoms in total. The van der Waals surface area contributed by atoms with Crippen LogP contribution < -0.4 is 5.32 Å². The van der Waals surface area contributed by atoms with Crippen molar-refractivity contribution in [2.24, 2.45) is 7.05 Å². The van der Waals surface area contributed by atoms with Crippen LogP contribution >= 0.6 is 15.9 Å². The number of nitrogens with one attached hydrogen (secondary N) is 1. The Hall–Kier alpha value is -0.460. The number of aryl methyl sites for hydroxylation is 1. The number of nitrogens with zero attached hydrogens (tertiary/aromatic N) is 3. The molecule has 1 rings (SSSR count). The molecule has 0 spiro atoms. The van der Waals surface area contributed by atoms with E-state index < -0.39 is 6.10 Å². The topological polar surface area (TPSA) is 63.0 Å². The van der Waals surface area contributed by atoms with Crippen LogP contribution in [0.5, 0.6) is 0 Å². The highest BCUT2D eigenvalue weighted by Gasteiger charge is 2.17. The van der Waals surface area contributed by atoms with Crippen LogP contribution in [0.2, 0.25) is 0 Å². The van der Waals surface area contributed by atoms with E-state index in [1.165, 1.54) is 0 Å². The van der Waals surface area contributed by atoms with E-state index in [2.05, 4.69) is 31.6 Å². The number of aromatic nitrogens is 3. The van der Waals surface area contributed by atoms with Crippen molar-refractivity contribution in [1.29, 1.82) is 0 Å². The minimum atomic E-state index is -0.591. The summed E-state index contributed by atoms with van der Waals surface area (Å²) in [6.45, 7) is 4.56. The molecule has 1 aromatic rings. The summed E-state index contributed by atoms with van der Waals surface area (Å²) in [5, 5.41) is 20.6. The van der Waals surface area contributed by atoms with Gasteiger partial charge in [0.1, 0.15) is 11.8 Å². The average molecular weight is 263 g/mol. The third-order valence-corrected chi connectivity index (χ3v) is 2.43. The van der Waals surface area contributed by atoms with Crippen molar-refractivity contribution in [3.05, 3.63) is 10.3 Å². The van der Waals surface area contributed by atoms with Gasteiger partial charge in [-0.25, -0.2) is 4.68 Å². The first kappa shape index (κ1) is 11.6. The zero-order chi connectivity index (χ0) is 10.7. The molecule has 1 heterocycles. The molecule has 1 unspecified atom stereocenters. The Labute approximate surface area is 91.6 Å². The fraction of sp³-hybridized carbons (Fsp3) is 0.750. The van der Waals surface area contributed by atoms with Crippen molar-refractivity contribution in [2.45, 2.75) is 26.0 Å². The average Bonchev–Trinajstić information content (AvgIpc) is 2.42. The van der Waals surface area contributed by atoms with Gasteiger partial charge >= 0.3 is 0 Å². The van der Waals surface area contributed by atoms with Crippen molar-refractivity contribution in [1.82, 2.24) is 20.3 Å². The fourth-order valence-corrected chi connectivity index (χ4v) is 1.73. The van der Waals surface area contributed by atoms with Gasteiger partial charge < -0.3 is 10.4 Å². The molecule has 80 valence electrons. The SMILES string of the molecule is CC(C)NCC(O)c1c(Br)nnn1C. The number of hydrogen-bond acceptors (Lipinski definition) is 4. The van der Waals surface area contributed by atoms with Crippen molar-refractivity contribution in [2.75, 3.05) is 6.54 Å². The molecule has 0 saturated heterocycles. The van der Waals surface area contributed by atoms with Gasteiger partial charge in [-0.05, 0) is 15.9 Å². The maximum atomic E-state index is 9.83. The minimum absolute atomic E-state index is 0.351. The third-order valence-electron chi connectivity index (χ3n) is 1.86. The summed E-state index contributed by atoms with van der Waals surface area (Å²) in [7, 11) is 1.76. The van der Waals surface area contributed by atoms with Gasteiger partial charge in [0.15, 0.2) is 4.60 Å². The molecule has 2 N–H and O–H groups in total. The number of aliphatic hydroxyl groups is 1. The summed E-state index contributed by atoms with van der Waals surface area (Å²) in [6, 6.07) is 0.351. The van der Waals surface area contributed by atoms with Crippen molar-refractivity contribution < 1.29 is 5.11 Å². The molecule has 0 aromatic carbocycles. The molecule has 14 heavy (non-hydrogen) atoms. The Morgan fingerprint density at radius 1 is 1.57 bits per heavy atom. The highest BCUT2D eigenvalue weighted by Crippen LogP contribution is 2.19. The molecule has 0 fully saturated rings. The van der Waals surface area contributed by atoms with E-state index in [4.69, 9.17) is 0 Å². The third kappa shape index (κ3) is 2.76. The lowest BCUT2D eigenvalue weighted by molar-refractivity contribution is 0.161. The second kappa shape index (κ2) is 4.86. The molecule has 1 aromatic heterocycles. The summed E-state index contributed by atoms with van der Waals surface area (Å²) in [4.78, 5) is 0. The number of aliphatic hydroxyl groups excluding tert-OH is 1. The van der Waals surface area contributed by atoms with E-state index in [0.29, 0.717) is 22.9 Å². The van der Waals surface area contributed by atoms with E-state index in [-0.39, 0.29) is 0 Å². The smallest absolute Gasteiger partial charge is 0.154 e. The molecule has 0 radical (unpaired) electrons. The second-order valence-corrected chi connectivity index (χ2v) is 4.22. The van der Waals surface area contributed by atoms with Crippen molar-refractivity contribution in [3.63, 3.8) is 0 Å². The van der Waals surface area contributed by atoms with Crippen LogP contribution in [0.15, 0.2) is 4.60 Å². The van der Waals surface area contributed by atoms with Crippen LogP contribution in [-0.4, -0.2) is 32.7 Å². The van der Waals surface area contributed by atoms with Crippen molar-refractivity contribution >= 4 is 15.9 Å². The van der Waals surface area contributed by atoms with Crippen LogP contribution in [0, 0.1) is 0 Å². The number of hydrogen-bond donors (Lipinski definition) is 2. The van der Waals surface area contributed by atoms with Gasteiger partial charge in [-0.15, -0.1) is 5.10 Å². The molecule has 0 amide bonds. The lowest BCUT2D eigenvalue weighted by atomic mass is 10.2. The first-order valence-electron chi connectivity index (χ1n) is 4.49. The summed E-state index contributed by atoms with van der Waals surface area (Å²) in [6.07, 6.45) is -0.591. The summed E-state index contributed by atoms with van der Waals surface area (Å²) in [5.41, 5.74) is 0.693. The van der Waals surface area contributed by atoms with Gasteiger partial charge in [0.25, 0.3) is 0 Å². The Bertz CT molecular complexity index is 280. The molecule has 0 aliphatic rings. The number of rotatable bonds is 4. The van der Waals surface area contributed by atoms with Gasteiger partial charge in [-0.3, -0.25) is 0 Å². The molecular weight excluding hydrogens is 248 g/mol. The van der Waals surface area contributed by atoms with Crippen LogP contribution in [0.1, 0.15) is 25.6 Å². The Kier molecular flexibility index (Phi) is 4.03. The lowest BCUT2D eigenvalue weighted by Gasteiger charge is -2.13. The van der Waals surface area contributed by atoms with E-state index in [1.54, 1.807) is 11.7 Å². The monoisotopic (exact) mass is 262 g/mol. The van der Waals surface area contributed by atoms with Crippen LogP contribution in [0.25, 0.3) is 0 Å². The van der Waals surface area contributed by atoms with Crippen LogP contribution in [0.3, 0.4) is 0 Å². The van der Waals surface area contributed by atoms with Gasteiger partial charge in [0, 0.05) is 19.6 Å². The van der Waals surface area contributed by atoms with E-state index in [9.17, 15) is 5.11 Å². The zero-order valence-electron chi connectivity index (χ0n) is 8.53. The van der Waals surface area contributed by atoms with Crippen LogP contribution in [-0.2, 0) is 7.05 Å². The normalized spacial score (nSPS) is 13.6. The molecule has 0 bridgehead atoms. The van der Waals surface area contributed by atoms with E-state index >= 15 is 0 Å². The minimum Gasteiger partial charge on any atom is -0.385 e. The molecule has 1 atom stereocenters. The zero-order valence-corrected chi connectivity index (χ0v) is 10.1. The standard InChI is InChI=1S/C8H15BrN4O/c1-5(2)10-4-6(14)7-8(9)11-12-13(7)3/h5-6,10,14H,4H2,1-3H3. The summed E-state index contributed by atoms with van der Waals surface area (Å²) >= 11 is 3.24. The Morgan fingerprint density at radius 2 is 2.21 bits per heavy atom. The Balaban J connectivity index is 2.64. The quantitative estimate of drug-likeness (QED) is 0.835. The highest BCUT2D eigenvalue weighted by atomic mass is 79.9. The van der Waals surface area contributed by atoms with Gasteiger partial charge in [-0.1, -0.05) is 19.1 Å². The summed E-state index contributed by atoms with van der Waals surface area (Å²) < 4.78 is 2.16. The van der Waals surface area contributed by atoms with Gasteiger partial charge in [-0.2, -0.15) is 0 Å². The maximum Gasteiger partial charge on any atom is 0.154 e. The van der Waals surface area contributed by atoms with E-state index in [1.807, 2.05) is 13.8 Å². The first-order chi connectivity index (χ1) is 6.52. The van der Waals surface area contributed by atoms with Crippen molar-refractivity contribution in [3.8, 4) is 0 Å². The largest absolute Gasteiger partial charge is 0.385 e. The second-order valence-electron chi connectivity index (χ2n) is 3.47. The van der Waals surface area contributed by atoms with Gasteiger partial charge in [0.2, 0.25) is 0 Å². The molecular formula is C8H15BrN4O. The van der Waals surface area contributed by atoms with Crippen LogP contribution in [0.4, 0.5) is 0 Å². The lowest BCUT2D eigenvalue weighted by Crippen LogP contribution is -2.28. The highest BCUT2D eigenvalue weighted by molar-refractivity contribution is 9.10. The molecule has 0 aliphatic carbocycles. The molecule has 0 saturated carbocycles. The predicted molar refractivity (Wildman–Crippen MR) is 56.8 cm³/mol. The first-order valence-corrected chi connectivity index (χ1v) is 5.28. The summed E-state index contributed by atoms with van der Waals surface area (Å²) in [5.74, 6) is 0. The maximum absolute atomic E-state index is 9.83. The van der Waals surface area contributed by atoms with E-state index in [0.717, 1.165) is 0 Å². The predicted octanol–water partition coefficient (Wildman–Crippen LogP) is 0.609. The van der Waals surface area contributed by atoms with Gasteiger partial charge in [0.05, 0.1) is 0 Å². The fourth-order valence-electron chi connectivity index (χ4n) is 1.14. The number of halogens is 1. The molecule has 0 aliphatic heterocycles.